The van der Waals surface area contributed by atoms with Gasteiger partial charge in [-0.15, -0.1) is 0 Å². The Kier molecular flexibility index (Phi) is 6.89. The van der Waals surface area contributed by atoms with Crippen molar-refractivity contribution in [3.63, 3.8) is 0 Å². The molecule has 1 fully saturated rings. The molecule has 1 aliphatic heterocycles. The smallest absolute Gasteiger partial charge is 0.227 e. The number of furan rings is 1. The highest BCUT2D eigenvalue weighted by Crippen LogP contribution is 2.30. The zero-order chi connectivity index (χ0) is 24.5. The van der Waals surface area contributed by atoms with E-state index in [0.29, 0.717) is 23.8 Å². The highest BCUT2D eigenvalue weighted by atomic mass is 32.2. The zero-order valence-electron chi connectivity index (χ0n) is 20.0. The fourth-order valence-electron chi connectivity index (χ4n) is 4.48. The number of fused-ring (bicyclic) bond motifs is 1. The molecule has 4 rings (SSSR count). The van der Waals surface area contributed by atoms with Gasteiger partial charge in [0, 0.05) is 23.5 Å². The van der Waals surface area contributed by atoms with E-state index in [9.17, 15) is 13.2 Å². The van der Waals surface area contributed by atoms with Crippen molar-refractivity contribution in [1.82, 2.24) is 4.90 Å². The first-order chi connectivity index (χ1) is 16.2. The molecule has 1 unspecified atom stereocenters. The van der Waals surface area contributed by atoms with Crippen molar-refractivity contribution in [2.24, 2.45) is 0 Å². The largest absolute Gasteiger partial charge is 0.493 e. The van der Waals surface area contributed by atoms with Crippen LogP contribution in [0.3, 0.4) is 0 Å². The molecule has 1 saturated heterocycles. The van der Waals surface area contributed by atoms with E-state index in [1.165, 1.54) is 5.56 Å². The van der Waals surface area contributed by atoms with E-state index in [1.54, 1.807) is 31.4 Å². The van der Waals surface area contributed by atoms with Crippen LogP contribution < -0.4 is 9.47 Å². The summed E-state index contributed by atoms with van der Waals surface area (Å²) in [4.78, 5) is 15.3. The Hall–Kier alpha value is -3.00. The van der Waals surface area contributed by atoms with Crippen LogP contribution in [-0.4, -0.2) is 51.0 Å². The van der Waals surface area contributed by atoms with Crippen LogP contribution in [0.1, 0.15) is 42.9 Å². The minimum atomic E-state index is -3.16. The van der Waals surface area contributed by atoms with Crippen LogP contribution >= 0.6 is 0 Å². The zero-order valence-corrected chi connectivity index (χ0v) is 20.9. The molecular formula is C26H31NO6S. The van der Waals surface area contributed by atoms with Crippen LogP contribution in [0.5, 0.6) is 11.5 Å². The summed E-state index contributed by atoms with van der Waals surface area (Å²) >= 11 is 0. The number of hydrogen-bond acceptors (Lipinski definition) is 6. The lowest BCUT2D eigenvalue weighted by Crippen LogP contribution is -2.41. The first-order valence-corrected chi connectivity index (χ1v) is 13.2. The maximum absolute atomic E-state index is 13.6. The van der Waals surface area contributed by atoms with Gasteiger partial charge in [-0.3, -0.25) is 4.79 Å². The third kappa shape index (κ3) is 5.06. The lowest BCUT2D eigenvalue weighted by atomic mass is 9.99. The Bertz CT molecular complexity index is 1290. The van der Waals surface area contributed by atoms with Crippen molar-refractivity contribution in [3.8, 4) is 11.5 Å². The molecule has 34 heavy (non-hydrogen) atoms. The molecule has 1 amide bonds. The van der Waals surface area contributed by atoms with Gasteiger partial charge in [0.25, 0.3) is 0 Å². The molecule has 1 aliphatic rings. The molecular weight excluding hydrogens is 454 g/mol. The minimum Gasteiger partial charge on any atom is -0.493 e. The van der Waals surface area contributed by atoms with Crippen LogP contribution in [0.25, 0.3) is 11.0 Å². The van der Waals surface area contributed by atoms with E-state index in [0.717, 1.165) is 22.1 Å². The number of methoxy groups -OCH3 is 2. The molecule has 2 heterocycles. The van der Waals surface area contributed by atoms with Gasteiger partial charge in [-0.1, -0.05) is 26.0 Å². The molecule has 1 aromatic heterocycles. The predicted octanol–water partition coefficient (Wildman–Crippen LogP) is 4.33. The number of sulfone groups is 1. The number of carbonyl (C=O) groups is 1. The lowest BCUT2D eigenvalue weighted by molar-refractivity contribution is -0.133. The first-order valence-electron chi connectivity index (χ1n) is 11.4. The Morgan fingerprint density at radius 3 is 2.53 bits per heavy atom. The first kappa shape index (κ1) is 24.1. The lowest BCUT2D eigenvalue weighted by Gasteiger charge is -2.29. The molecule has 0 bridgehead atoms. The van der Waals surface area contributed by atoms with Crippen LogP contribution in [0.2, 0.25) is 0 Å². The molecule has 7 nitrogen and oxygen atoms in total. The highest BCUT2D eigenvalue weighted by Gasteiger charge is 2.35. The monoisotopic (exact) mass is 485 g/mol. The van der Waals surface area contributed by atoms with E-state index in [-0.39, 0.29) is 36.4 Å². The second-order valence-corrected chi connectivity index (χ2v) is 11.3. The average Bonchev–Trinajstić information content (AvgIpc) is 3.39. The van der Waals surface area contributed by atoms with Gasteiger partial charge in [-0.2, -0.15) is 0 Å². The molecule has 182 valence electrons. The third-order valence-electron chi connectivity index (χ3n) is 6.46. The Labute approximate surface area is 200 Å². The number of carbonyl (C=O) groups excluding carboxylic acids is 1. The fraction of sp³-hybridized carbons (Fsp3) is 0.423. The summed E-state index contributed by atoms with van der Waals surface area (Å²) in [5.74, 6) is 1.46. The van der Waals surface area contributed by atoms with E-state index in [1.807, 2.05) is 24.3 Å². The van der Waals surface area contributed by atoms with Crippen molar-refractivity contribution in [2.75, 3.05) is 25.7 Å². The van der Waals surface area contributed by atoms with Crippen molar-refractivity contribution in [2.45, 2.75) is 45.2 Å². The number of nitrogens with zero attached hydrogens (tertiary/aromatic N) is 1. The predicted molar refractivity (Wildman–Crippen MR) is 131 cm³/mol. The summed E-state index contributed by atoms with van der Waals surface area (Å²) in [6, 6.07) is 11.2. The topological polar surface area (TPSA) is 86.0 Å². The summed E-state index contributed by atoms with van der Waals surface area (Å²) in [6.07, 6.45) is 2.20. The van der Waals surface area contributed by atoms with E-state index >= 15 is 0 Å². The number of ether oxygens (including phenoxy) is 2. The van der Waals surface area contributed by atoms with Gasteiger partial charge < -0.3 is 18.8 Å². The van der Waals surface area contributed by atoms with E-state index in [2.05, 4.69) is 19.9 Å². The van der Waals surface area contributed by atoms with Gasteiger partial charge in [0.15, 0.2) is 21.3 Å². The highest BCUT2D eigenvalue weighted by molar-refractivity contribution is 7.91. The van der Waals surface area contributed by atoms with E-state index in [4.69, 9.17) is 13.9 Å². The Balaban J connectivity index is 1.63. The van der Waals surface area contributed by atoms with Crippen LogP contribution in [0.4, 0.5) is 0 Å². The molecule has 0 spiro atoms. The van der Waals surface area contributed by atoms with Gasteiger partial charge >= 0.3 is 0 Å². The summed E-state index contributed by atoms with van der Waals surface area (Å²) in [6.45, 7) is 4.53. The standard InChI is InChI=1S/C26H31NO6S/c1-17(2)19-6-8-23-22(12-19)20(15-33-23)13-26(28)27(21-9-10-34(29,30)16-21)14-18-5-7-24(31-3)25(11-18)32-4/h5-8,11-12,15,17,21H,9-10,13-14,16H2,1-4H3. The van der Waals surface area contributed by atoms with Crippen LogP contribution in [0, 0.1) is 0 Å². The SMILES string of the molecule is COc1ccc(CN(C(=O)Cc2coc3ccc(C(C)C)cc23)C2CCS(=O)(=O)C2)cc1OC. The number of amides is 1. The molecule has 8 heteroatoms. The van der Waals surface area contributed by atoms with E-state index < -0.39 is 9.84 Å². The minimum absolute atomic E-state index is 0.0182. The van der Waals surface area contributed by atoms with Gasteiger partial charge in [0.1, 0.15) is 5.58 Å². The van der Waals surface area contributed by atoms with Crippen molar-refractivity contribution >= 4 is 26.7 Å². The number of hydrogen-bond donors (Lipinski definition) is 0. The molecule has 1 atom stereocenters. The van der Waals surface area contributed by atoms with Gasteiger partial charge in [-0.05, 0) is 47.7 Å². The summed E-state index contributed by atoms with van der Waals surface area (Å²) in [5, 5.41) is 0.921. The van der Waals surface area contributed by atoms with Gasteiger partial charge in [0.2, 0.25) is 5.91 Å². The maximum Gasteiger partial charge on any atom is 0.227 e. The normalized spacial score (nSPS) is 17.3. The van der Waals surface area contributed by atoms with Crippen molar-refractivity contribution in [1.29, 1.82) is 0 Å². The van der Waals surface area contributed by atoms with Crippen LogP contribution in [0.15, 0.2) is 47.1 Å². The average molecular weight is 486 g/mol. The summed E-state index contributed by atoms with van der Waals surface area (Å²) < 4.78 is 40.8. The van der Waals surface area contributed by atoms with Crippen molar-refractivity contribution in [3.05, 3.63) is 59.4 Å². The van der Waals surface area contributed by atoms with Gasteiger partial charge in [0.05, 0.1) is 38.4 Å². The molecule has 3 aromatic rings. The van der Waals surface area contributed by atoms with Crippen molar-refractivity contribution < 1.29 is 27.1 Å². The molecule has 0 N–H and O–H groups in total. The Morgan fingerprint density at radius 1 is 1.12 bits per heavy atom. The Morgan fingerprint density at radius 2 is 1.88 bits per heavy atom. The fourth-order valence-corrected chi connectivity index (χ4v) is 6.21. The number of rotatable bonds is 8. The maximum atomic E-state index is 13.6. The molecule has 2 aromatic carbocycles. The quantitative estimate of drug-likeness (QED) is 0.472. The molecule has 0 radical (unpaired) electrons. The third-order valence-corrected chi connectivity index (χ3v) is 8.21. The van der Waals surface area contributed by atoms with Gasteiger partial charge in [-0.25, -0.2) is 8.42 Å². The summed E-state index contributed by atoms with van der Waals surface area (Å²) in [5.41, 5.74) is 3.56. The van der Waals surface area contributed by atoms with Crippen LogP contribution in [-0.2, 0) is 27.6 Å². The number of benzene rings is 2. The molecule has 0 aliphatic carbocycles. The second kappa shape index (κ2) is 9.70. The summed E-state index contributed by atoms with van der Waals surface area (Å²) in [7, 11) is -0.0335. The molecule has 0 saturated carbocycles. The second-order valence-electron chi connectivity index (χ2n) is 9.12.